The summed E-state index contributed by atoms with van der Waals surface area (Å²) < 4.78 is 1.12. The molecule has 2 N–H and O–H groups in total. The lowest BCUT2D eigenvalue weighted by atomic mass is 9.95. The van der Waals surface area contributed by atoms with Gasteiger partial charge in [-0.2, -0.15) is 0 Å². The number of halogens is 1. The van der Waals surface area contributed by atoms with Crippen molar-refractivity contribution in [2.45, 2.75) is 26.3 Å². The topological polar surface area (TPSA) is 26.0 Å². The maximum absolute atomic E-state index is 6.33. The van der Waals surface area contributed by atoms with Gasteiger partial charge in [-0.05, 0) is 43.0 Å². The Morgan fingerprint density at radius 3 is 2.56 bits per heavy atom. The van der Waals surface area contributed by atoms with E-state index in [1.54, 1.807) is 0 Å². The number of benzene rings is 2. The molecule has 1 nitrogen and oxygen atoms in total. The number of aryl methyl sites for hydroxylation is 1. The van der Waals surface area contributed by atoms with Crippen molar-refractivity contribution in [3.63, 3.8) is 0 Å². The Balaban J connectivity index is 2.22. The smallest absolute Gasteiger partial charge is 0.0338 e. The summed E-state index contributed by atoms with van der Waals surface area (Å²) in [4.78, 5) is 0. The molecule has 2 rings (SSSR count). The van der Waals surface area contributed by atoms with E-state index >= 15 is 0 Å². The van der Waals surface area contributed by atoms with Crippen LogP contribution in [0.5, 0.6) is 0 Å². The molecule has 0 aromatic heterocycles. The summed E-state index contributed by atoms with van der Waals surface area (Å²) in [5.41, 5.74) is 11.4. The van der Waals surface area contributed by atoms with Crippen molar-refractivity contribution in [2.75, 3.05) is 0 Å². The summed E-state index contributed by atoms with van der Waals surface area (Å²) in [7, 11) is 0. The lowest BCUT2D eigenvalue weighted by Gasteiger charge is -2.16. The standard InChI is InChI=1S/C16H18BrN/c1-11-5-3-6-13(9-11)10-16(18)14-7-4-8-15(17)12(14)2/h3-9,16H,10,18H2,1-2H3. The van der Waals surface area contributed by atoms with Crippen molar-refractivity contribution >= 4 is 15.9 Å². The van der Waals surface area contributed by atoms with E-state index in [0.29, 0.717) is 0 Å². The van der Waals surface area contributed by atoms with Gasteiger partial charge in [-0.1, -0.05) is 57.9 Å². The summed E-state index contributed by atoms with van der Waals surface area (Å²) in [6.07, 6.45) is 0.874. The Kier molecular flexibility index (Phi) is 4.20. The molecule has 94 valence electrons. The molecule has 0 radical (unpaired) electrons. The summed E-state index contributed by atoms with van der Waals surface area (Å²) in [5.74, 6) is 0. The molecule has 18 heavy (non-hydrogen) atoms. The van der Waals surface area contributed by atoms with Gasteiger partial charge in [0, 0.05) is 10.5 Å². The highest BCUT2D eigenvalue weighted by molar-refractivity contribution is 9.10. The van der Waals surface area contributed by atoms with Crippen LogP contribution >= 0.6 is 15.9 Å². The first-order chi connectivity index (χ1) is 8.58. The highest BCUT2D eigenvalue weighted by Gasteiger charge is 2.11. The molecule has 1 unspecified atom stereocenters. The van der Waals surface area contributed by atoms with Gasteiger partial charge in [-0.15, -0.1) is 0 Å². The Labute approximate surface area is 117 Å². The monoisotopic (exact) mass is 303 g/mol. The first-order valence-corrected chi connectivity index (χ1v) is 6.93. The molecule has 2 aromatic carbocycles. The first-order valence-electron chi connectivity index (χ1n) is 6.14. The molecule has 2 heteroatoms. The molecule has 0 spiro atoms. The van der Waals surface area contributed by atoms with Crippen molar-refractivity contribution in [1.82, 2.24) is 0 Å². The molecule has 0 heterocycles. The van der Waals surface area contributed by atoms with E-state index in [4.69, 9.17) is 5.73 Å². The predicted octanol–water partition coefficient (Wildman–Crippen LogP) is 4.31. The zero-order chi connectivity index (χ0) is 13.1. The van der Waals surface area contributed by atoms with Crippen LogP contribution in [0.3, 0.4) is 0 Å². The van der Waals surface area contributed by atoms with Gasteiger partial charge in [-0.3, -0.25) is 0 Å². The molecule has 1 atom stereocenters. The largest absolute Gasteiger partial charge is 0.324 e. The van der Waals surface area contributed by atoms with E-state index in [-0.39, 0.29) is 6.04 Å². The van der Waals surface area contributed by atoms with Crippen LogP contribution in [0.1, 0.15) is 28.3 Å². The fraction of sp³-hybridized carbons (Fsp3) is 0.250. The SMILES string of the molecule is Cc1cccc(CC(N)c2cccc(Br)c2C)c1. The molecule has 0 aliphatic carbocycles. The molecule has 0 bridgehead atoms. The maximum Gasteiger partial charge on any atom is 0.0338 e. The highest BCUT2D eigenvalue weighted by atomic mass is 79.9. The first kappa shape index (κ1) is 13.3. The Morgan fingerprint density at radius 1 is 1.11 bits per heavy atom. The fourth-order valence-corrected chi connectivity index (χ4v) is 2.61. The molecule has 0 saturated carbocycles. The predicted molar refractivity (Wildman–Crippen MR) is 80.7 cm³/mol. The minimum absolute atomic E-state index is 0.0456. The summed E-state index contributed by atoms with van der Waals surface area (Å²) >= 11 is 3.56. The molecule has 0 aliphatic rings. The van der Waals surface area contributed by atoms with Gasteiger partial charge >= 0.3 is 0 Å². The van der Waals surface area contributed by atoms with Crippen LogP contribution < -0.4 is 5.73 Å². The van der Waals surface area contributed by atoms with Crippen molar-refractivity contribution < 1.29 is 0 Å². The average molecular weight is 304 g/mol. The van der Waals surface area contributed by atoms with E-state index in [1.165, 1.54) is 22.3 Å². The molecular formula is C16H18BrN. The van der Waals surface area contributed by atoms with Crippen LogP contribution in [0, 0.1) is 13.8 Å². The number of nitrogens with two attached hydrogens (primary N) is 1. The van der Waals surface area contributed by atoms with Crippen molar-refractivity contribution in [1.29, 1.82) is 0 Å². The third kappa shape index (κ3) is 3.01. The minimum atomic E-state index is 0.0456. The summed E-state index contributed by atoms with van der Waals surface area (Å²) in [6, 6.07) is 14.8. The van der Waals surface area contributed by atoms with E-state index in [1.807, 2.05) is 6.07 Å². The second-order valence-corrected chi connectivity index (χ2v) is 5.61. The van der Waals surface area contributed by atoms with Gasteiger partial charge in [0.1, 0.15) is 0 Å². The summed E-state index contributed by atoms with van der Waals surface area (Å²) in [5, 5.41) is 0. The highest BCUT2D eigenvalue weighted by Crippen LogP contribution is 2.25. The van der Waals surface area contributed by atoms with Crippen molar-refractivity contribution in [2.24, 2.45) is 5.73 Å². The van der Waals surface area contributed by atoms with Gasteiger partial charge in [0.15, 0.2) is 0 Å². The van der Waals surface area contributed by atoms with Gasteiger partial charge < -0.3 is 5.73 Å². The van der Waals surface area contributed by atoms with E-state index < -0.39 is 0 Å². The third-order valence-corrected chi connectivity index (χ3v) is 4.11. The zero-order valence-corrected chi connectivity index (χ0v) is 12.4. The summed E-state index contributed by atoms with van der Waals surface area (Å²) in [6.45, 7) is 4.22. The van der Waals surface area contributed by atoms with Crippen LogP contribution in [0.2, 0.25) is 0 Å². The third-order valence-electron chi connectivity index (χ3n) is 3.25. The molecule has 0 aliphatic heterocycles. The minimum Gasteiger partial charge on any atom is -0.324 e. The Hall–Kier alpha value is -1.12. The lowest BCUT2D eigenvalue weighted by Crippen LogP contribution is -2.14. The van der Waals surface area contributed by atoms with Crippen molar-refractivity contribution in [3.8, 4) is 0 Å². The van der Waals surface area contributed by atoms with Crippen LogP contribution in [-0.4, -0.2) is 0 Å². The molecular weight excluding hydrogens is 286 g/mol. The zero-order valence-electron chi connectivity index (χ0n) is 10.8. The molecule has 0 fully saturated rings. The normalized spacial score (nSPS) is 12.4. The molecule has 0 saturated heterocycles. The van der Waals surface area contributed by atoms with E-state index in [9.17, 15) is 0 Å². The van der Waals surface area contributed by atoms with E-state index in [2.05, 4.69) is 66.2 Å². The van der Waals surface area contributed by atoms with Crippen LogP contribution in [0.15, 0.2) is 46.9 Å². The molecule has 0 amide bonds. The maximum atomic E-state index is 6.33. The van der Waals surface area contributed by atoms with E-state index in [0.717, 1.165) is 10.9 Å². The number of hydrogen-bond acceptors (Lipinski definition) is 1. The van der Waals surface area contributed by atoms with Crippen LogP contribution in [0.25, 0.3) is 0 Å². The number of hydrogen-bond donors (Lipinski definition) is 1. The van der Waals surface area contributed by atoms with Gasteiger partial charge in [0.05, 0.1) is 0 Å². The van der Waals surface area contributed by atoms with Gasteiger partial charge in [0.25, 0.3) is 0 Å². The quantitative estimate of drug-likeness (QED) is 0.898. The Morgan fingerprint density at radius 2 is 1.83 bits per heavy atom. The molecule has 2 aromatic rings. The van der Waals surface area contributed by atoms with Crippen LogP contribution in [-0.2, 0) is 6.42 Å². The van der Waals surface area contributed by atoms with Gasteiger partial charge in [-0.25, -0.2) is 0 Å². The van der Waals surface area contributed by atoms with Crippen LogP contribution in [0.4, 0.5) is 0 Å². The second-order valence-electron chi connectivity index (χ2n) is 4.75. The Bertz CT molecular complexity index is 549. The average Bonchev–Trinajstić information content (AvgIpc) is 2.32. The van der Waals surface area contributed by atoms with Gasteiger partial charge in [0.2, 0.25) is 0 Å². The number of rotatable bonds is 3. The second kappa shape index (κ2) is 5.68. The lowest BCUT2D eigenvalue weighted by molar-refractivity contribution is 0.715. The fourth-order valence-electron chi connectivity index (χ4n) is 2.23. The van der Waals surface area contributed by atoms with Crippen molar-refractivity contribution in [3.05, 3.63) is 69.2 Å².